The molecule has 2 aromatic rings. The number of aliphatic hydroxyl groups is 1. The predicted octanol–water partition coefficient (Wildman–Crippen LogP) is 3.51. The quantitative estimate of drug-likeness (QED) is 0.907. The largest absolute Gasteiger partial charge is 0.494 e. The SMILES string of the molecule is COc1cccc2c(NC3CCCC3(C)CO)cc(C)nc12. The van der Waals surface area contributed by atoms with Crippen molar-refractivity contribution < 1.29 is 9.84 Å². The number of nitrogens with one attached hydrogen (secondary N) is 1. The van der Waals surface area contributed by atoms with Gasteiger partial charge >= 0.3 is 0 Å². The molecule has 1 saturated carbocycles. The molecule has 0 amide bonds. The molecule has 1 aliphatic rings. The van der Waals surface area contributed by atoms with E-state index >= 15 is 0 Å². The van der Waals surface area contributed by atoms with Crippen molar-refractivity contribution in [3.63, 3.8) is 0 Å². The number of ether oxygens (including phenoxy) is 1. The Morgan fingerprint density at radius 3 is 3.00 bits per heavy atom. The number of fused-ring (bicyclic) bond motifs is 1. The van der Waals surface area contributed by atoms with Gasteiger partial charge in [0.2, 0.25) is 0 Å². The molecular weight excluding hydrogens is 276 g/mol. The number of benzene rings is 1. The lowest BCUT2D eigenvalue weighted by atomic mass is 9.85. The summed E-state index contributed by atoms with van der Waals surface area (Å²) in [5, 5.41) is 14.5. The Morgan fingerprint density at radius 2 is 2.27 bits per heavy atom. The van der Waals surface area contributed by atoms with Crippen LogP contribution < -0.4 is 10.1 Å². The number of hydrogen-bond donors (Lipinski definition) is 2. The summed E-state index contributed by atoms with van der Waals surface area (Å²) in [7, 11) is 1.67. The Kier molecular flexibility index (Phi) is 3.96. The lowest BCUT2D eigenvalue weighted by molar-refractivity contribution is 0.139. The highest BCUT2D eigenvalue weighted by Crippen LogP contribution is 2.40. The van der Waals surface area contributed by atoms with Gasteiger partial charge in [0.1, 0.15) is 11.3 Å². The molecule has 4 heteroatoms. The van der Waals surface area contributed by atoms with Gasteiger partial charge in [-0.15, -0.1) is 0 Å². The molecule has 22 heavy (non-hydrogen) atoms. The molecule has 0 spiro atoms. The van der Waals surface area contributed by atoms with Gasteiger partial charge in [-0.1, -0.05) is 25.5 Å². The van der Waals surface area contributed by atoms with Crippen LogP contribution in [-0.2, 0) is 0 Å². The first-order valence-corrected chi connectivity index (χ1v) is 7.89. The highest BCUT2D eigenvalue weighted by Gasteiger charge is 2.38. The van der Waals surface area contributed by atoms with E-state index < -0.39 is 0 Å². The lowest BCUT2D eigenvalue weighted by Crippen LogP contribution is -2.36. The monoisotopic (exact) mass is 300 g/mol. The van der Waals surface area contributed by atoms with Gasteiger partial charge in [0, 0.05) is 28.2 Å². The maximum Gasteiger partial charge on any atom is 0.145 e. The number of aromatic nitrogens is 1. The molecular formula is C18H24N2O2. The van der Waals surface area contributed by atoms with Crippen molar-refractivity contribution in [2.75, 3.05) is 19.0 Å². The van der Waals surface area contributed by atoms with Crippen molar-refractivity contribution in [3.8, 4) is 5.75 Å². The molecule has 0 radical (unpaired) electrons. The number of pyridine rings is 1. The second kappa shape index (κ2) is 5.76. The Labute approximate surface area is 131 Å². The van der Waals surface area contributed by atoms with Crippen LogP contribution >= 0.6 is 0 Å². The number of aliphatic hydroxyl groups excluding tert-OH is 1. The highest BCUT2D eigenvalue weighted by molar-refractivity contribution is 5.95. The topological polar surface area (TPSA) is 54.4 Å². The Hall–Kier alpha value is -1.81. The number of rotatable bonds is 4. The van der Waals surface area contributed by atoms with Crippen molar-refractivity contribution in [3.05, 3.63) is 30.0 Å². The van der Waals surface area contributed by atoms with Crippen LogP contribution in [0.15, 0.2) is 24.3 Å². The van der Waals surface area contributed by atoms with E-state index in [0.717, 1.165) is 47.3 Å². The van der Waals surface area contributed by atoms with Gasteiger partial charge in [-0.2, -0.15) is 0 Å². The van der Waals surface area contributed by atoms with E-state index in [-0.39, 0.29) is 18.1 Å². The first-order valence-electron chi connectivity index (χ1n) is 7.89. The summed E-state index contributed by atoms with van der Waals surface area (Å²) in [5.41, 5.74) is 2.87. The molecule has 1 aromatic heterocycles. The minimum Gasteiger partial charge on any atom is -0.494 e. The molecule has 1 fully saturated rings. The van der Waals surface area contributed by atoms with Crippen LogP contribution in [0.4, 0.5) is 5.69 Å². The van der Waals surface area contributed by atoms with Crippen molar-refractivity contribution in [1.29, 1.82) is 0 Å². The van der Waals surface area contributed by atoms with E-state index in [1.54, 1.807) is 7.11 Å². The Balaban J connectivity index is 2.04. The van der Waals surface area contributed by atoms with E-state index in [4.69, 9.17) is 4.74 Å². The number of anilines is 1. The minimum absolute atomic E-state index is 0.0532. The first-order chi connectivity index (χ1) is 10.6. The Bertz CT molecular complexity index is 686. The maximum atomic E-state index is 9.75. The molecule has 1 heterocycles. The molecule has 2 unspecified atom stereocenters. The van der Waals surface area contributed by atoms with E-state index in [2.05, 4.69) is 29.4 Å². The third kappa shape index (κ3) is 2.52. The average molecular weight is 300 g/mol. The fourth-order valence-electron chi connectivity index (χ4n) is 3.49. The van der Waals surface area contributed by atoms with Crippen LogP contribution in [0.1, 0.15) is 31.9 Å². The van der Waals surface area contributed by atoms with Crippen molar-refractivity contribution in [2.45, 2.75) is 39.2 Å². The summed E-state index contributed by atoms with van der Waals surface area (Å²) in [4.78, 5) is 4.62. The van der Waals surface area contributed by atoms with Gasteiger partial charge in [0.05, 0.1) is 13.7 Å². The Morgan fingerprint density at radius 1 is 1.45 bits per heavy atom. The molecule has 0 bridgehead atoms. The minimum atomic E-state index is -0.0532. The number of methoxy groups -OCH3 is 1. The third-order valence-electron chi connectivity index (χ3n) is 4.92. The zero-order valence-corrected chi connectivity index (χ0v) is 13.5. The van der Waals surface area contributed by atoms with Gasteiger partial charge in [-0.05, 0) is 31.9 Å². The second-order valence-corrected chi connectivity index (χ2v) is 6.57. The van der Waals surface area contributed by atoms with Crippen molar-refractivity contribution >= 4 is 16.6 Å². The van der Waals surface area contributed by atoms with Gasteiger partial charge < -0.3 is 15.2 Å². The summed E-state index contributed by atoms with van der Waals surface area (Å²) < 4.78 is 5.44. The lowest BCUT2D eigenvalue weighted by Gasteiger charge is -2.31. The van der Waals surface area contributed by atoms with E-state index in [1.807, 2.05) is 19.1 Å². The highest BCUT2D eigenvalue weighted by atomic mass is 16.5. The van der Waals surface area contributed by atoms with Crippen LogP contribution in [0.5, 0.6) is 5.75 Å². The summed E-state index contributed by atoms with van der Waals surface area (Å²) in [6, 6.07) is 8.36. The molecule has 2 N–H and O–H groups in total. The normalized spacial score (nSPS) is 24.6. The third-order valence-corrected chi connectivity index (χ3v) is 4.92. The van der Waals surface area contributed by atoms with E-state index in [0.29, 0.717) is 0 Å². The molecule has 3 rings (SSSR count). The van der Waals surface area contributed by atoms with E-state index in [1.165, 1.54) is 0 Å². The standard InChI is InChI=1S/C18H24N2O2/c1-12-10-14(20-16-8-5-9-18(16,2)11-21)13-6-4-7-15(22-3)17(13)19-12/h4,6-7,10,16,21H,5,8-9,11H2,1-3H3,(H,19,20). The molecule has 0 saturated heterocycles. The zero-order valence-electron chi connectivity index (χ0n) is 13.5. The van der Waals surface area contributed by atoms with Gasteiger partial charge in [-0.3, -0.25) is 0 Å². The van der Waals surface area contributed by atoms with Gasteiger partial charge in [0.25, 0.3) is 0 Å². The van der Waals surface area contributed by atoms with Crippen molar-refractivity contribution in [1.82, 2.24) is 4.98 Å². The van der Waals surface area contributed by atoms with Gasteiger partial charge in [-0.25, -0.2) is 4.98 Å². The predicted molar refractivity (Wildman–Crippen MR) is 89.5 cm³/mol. The number of nitrogens with zero attached hydrogens (tertiary/aromatic N) is 1. The summed E-state index contributed by atoms with van der Waals surface area (Å²) in [6.45, 7) is 4.38. The summed E-state index contributed by atoms with van der Waals surface area (Å²) >= 11 is 0. The smallest absolute Gasteiger partial charge is 0.145 e. The van der Waals surface area contributed by atoms with Crippen LogP contribution in [0, 0.1) is 12.3 Å². The molecule has 0 aliphatic heterocycles. The second-order valence-electron chi connectivity index (χ2n) is 6.57. The van der Waals surface area contributed by atoms with Gasteiger partial charge in [0.15, 0.2) is 0 Å². The van der Waals surface area contributed by atoms with Crippen LogP contribution in [0.2, 0.25) is 0 Å². The van der Waals surface area contributed by atoms with Crippen LogP contribution in [0.25, 0.3) is 10.9 Å². The van der Waals surface area contributed by atoms with Crippen LogP contribution in [-0.4, -0.2) is 29.8 Å². The number of aryl methyl sites for hydroxylation is 1. The molecule has 2 atom stereocenters. The average Bonchev–Trinajstić information content (AvgIpc) is 2.88. The first kappa shape index (κ1) is 15.1. The molecule has 4 nitrogen and oxygen atoms in total. The summed E-state index contributed by atoms with van der Waals surface area (Å²) in [6.07, 6.45) is 3.30. The van der Waals surface area contributed by atoms with Crippen LogP contribution in [0.3, 0.4) is 0 Å². The number of para-hydroxylation sites is 1. The maximum absolute atomic E-state index is 9.75. The zero-order chi connectivity index (χ0) is 15.7. The molecule has 118 valence electrons. The molecule has 1 aliphatic carbocycles. The fraction of sp³-hybridized carbons (Fsp3) is 0.500. The number of hydrogen-bond acceptors (Lipinski definition) is 4. The fourth-order valence-corrected chi connectivity index (χ4v) is 3.49. The van der Waals surface area contributed by atoms with E-state index in [9.17, 15) is 5.11 Å². The molecule has 1 aromatic carbocycles. The van der Waals surface area contributed by atoms with Crippen molar-refractivity contribution in [2.24, 2.45) is 5.41 Å². The summed E-state index contributed by atoms with van der Waals surface area (Å²) in [5.74, 6) is 0.792.